The highest BCUT2D eigenvalue weighted by molar-refractivity contribution is 5.88. The Balaban J connectivity index is 1.69. The lowest BCUT2D eigenvalue weighted by Gasteiger charge is -2.09. The molecule has 1 aliphatic carbocycles. The number of anilines is 1. The van der Waals surface area contributed by atoms with Crippen LogP contribution in [0.5, 0.6) is 0 Å². The Kier molecular flexibility index (Phi) is 2.74. The Hall–Kier alpha value is -2.62. The molecule has 1 aliphatic rings. The molecule has 4 heteroatoms. The lowest BCUT2D eigenvalue weighted by atomic mass is 10.1. The van der Waals surface area contributed by atoms with Crippen molar-refractivity contribution < 1.29 is 0 Å². The summed E-state index contributed by atoms with van der Waals surface area (Å²) >= 11 is 0. The summed E-state index contributed by atoms with van der Waals surface area (Å²) in [6.45, 7) is 4.09. The minimum absolute atomic E-state index is 0.625. The Labute approximate surface area is 122 Å². The van der Waals surface area contributed by atoms with Gasteiger partial charge in [-0.05, 0) is 41.8 Å². The molecule has 0 amide bonds. The van der Waals surface area contributed by atoms with Crippen molar-refractivity contribution in [2.75, 3.05) is 5.32 Å². The highest BCUT2D eigenvalue weighted by atomic mass is 15.1. The predicted molar refractivity (Wildman–Crippen MR) is 84.8 cm³/mol. The van der Waals surface area contributed by atoms with Gasteiger partial charge in [0.25, 0.3) is 0 Å². The van der Waals surface area contributed by atoms with Gasteiger partial charge in [-0.2, -0.15) is 5.10 Å². The molecule has 0 bridgehead atoms. The van der Waals surface area contributed by atoms with Gasteiger partial charge in [0.05, 0.1) is 6.20 Å². The summed E-state index contributed by atoms with van der Waals surface area (Å²) in [5, 5.41) is 12.5. The summed E-state index contributed by atoms with van der Waals surface area (Å²) < 4.78 is 0. The third-order valence-electron chi connectivity index (χ3n) is 3.91. The first-order chi connectivity index (χ1) is 10.3. The van der Waals surface area contributed by atoms with Crippen LogP contribution in [0, 0.1) is 5.92 Å². The Morgan fingerprint density at radius 2 is 2.05 bits per heavy atom. The molecule has 0 aliphatic heterocycles. The van der Waals surface area contributed by atoms with Gasteiger partial charge in [-0.15, -0.1) is 0 Å². The van der Waals surface area contributed by atoms with Gasteiger partial charge in [0.15, 0.2) is 0 Å². The molecule has 1 saturated carbocycles. The van der Waals surface area contributed by atoms with Gasteiger partial charge < -0.3 is 5.32 Å². The maximum atomic E-state index is 4.46. The van der Waals surface area contributed by atoms with Crippen molar-refractivity contribution in [3.8, 4) is 11.1 Å². The minimum atomic E-state index is 0.625. The smallest absolute Gasteiger partial charge is 0.130 e. The van der Waals surface area contributed by atoms with Gasteiger partial charge in [0.2, 0.25) is 0 Å². The molecule has 4 nitrogen and oxygen atoms in total. The normalized spacial score (nSPS) is 14.3. The molecule has 1 aromatic carbocycles. The molecule has 0 unspecified atom stereocenters. The van der Waals surface area contributed by atoms with Crippen molar-refractivity contribution in [1.29, 1.82) is 0 Å². The van der Waals surface area contributed by atoms with Gasteiger partial charge in [0.1, 0.15) is 5.82 Å². The van der Waals surface area contributed by atoms with E-state index in [9.17, 15) is 0 Å². The molecular weight excluding hydrogens is 260 g/mol. The second kappa shape index (κ2) is 4.74. The molecule has 0 atom stereocenters. The second-order valence-corrected chi connectivity index (χ2v) is 5.54. The maximum Gasteiger partial charge on any atom is 0.130 e. The molecular formula is C17H16N4. The molecule has 4 rings (SSSR count). The Bertz CT molecular complexity index is 801. The van der Waals surface area contributed by atoms with Crippen LogP contribution >= 0.6 is 0 Å². The zero-order valence-electron chi connectivity index (χ0n) is 11.6. The van der Waals surface area contributed by atoms with Crippen LogP contribution in [0.15, 0.2) is 55.1 Å². The van der Waals surface area contributed by atoms with E-state index >= 15 is 0 Å². The van der Waals surface area contributed by atoms with Crippen molar-refractivity contribution >= 4 is 16.6 Å². The number of nitrogens with zero attached hydrogens (tertiary/aromatic N) is 2. The molecule has 0 spiro atoms. The first-order valence-electron chi connectivity index (χ1n) is 7.14. The minimum Gasteiger partial charge on any atom is -0.344 e. The average Bonchev–Trinajstić information content (AvgIpc) is 3.22. The van der Waals surface area contributed by atoms with Gasteiger partial charge in [-0.25, -0.2) is 4.98 Å². The summed E-state index contributed by atoms with van der Waals surface area (Å²) in [6, 6.07) is 8.41. The quantitative estimate of drug-likeness (QED) is 0.758. The fourth-order valence-electron chi connectivity index (χ4n) is 2.50. The SMILES string of the molecule is C=C(Nc1cc2cc(-c3cn[nH]c3)ccc2cn1)C1CC1. The van der Waals surface area contributed by atoms with E-state index in [4.69, 9.17) is 0 Å². The van der Waals surface area contributed by atoms with E-state index in [-0.39, 0.29) is 0 Å². The standard InChI is InChI=1S/C17H16N4/c1-11(12-2-3-12)21-17-7-15-6-13(16-9-19-20-10-16)4-5-14(15)8-18-17/h4-10,12H,1-3H2,(H,18,21)(H,19,20). The Morgan fingerprint density at radius 1 is 1.14 bits per heavy atom. The first-order valence-corrected chi connectivity index (χ1v) is 7.14. The van der Waals surface area contributed by atoms with Gasteiger partial charge in [-0.1, -0.05) is 18.7 Å². The topological polar surface area (TPSA) is 53.6 Å². The van der Waals surface area contributed by atoms with E-state index < -0.39 is 0 Å². The monoisotopic (exact) mass is 276 g/mol. The third kappa shape index (κ3) is 2.40. The number of hydrogen-bond acceptors (Lipinski definition) is 3. The van der Waals surface area contributed by atoms with Crippen molar-refractivity contribution in [2.24, 2.45) is 5.92 Å². The van der Waals surface area contributed by atoms with Crippen LogP contribution in [0.25, 0.3) is 21.9 Å². The average molecular weight is 276 g/mol. The second-order valence-electron chi connectivity index (χ2n) is 5.54. The van der Waals surface area contributed by atoms with Crippen LogP contribution in [0.3, 0.4) is 0 Å². The van der Waals surface area contributed by atoms with Crippen LogP contribution in [-0.2, 0) is 0 Å². The number of pyridine rings is 1. The highest BCUT2D eigenvalue weighted by Gasteiger charge is 2.24. The summed E-state index contributed by atoms with van der Waals surface area (Å²) in [4.78, 5) is 4.46. The first kappa shape index (κ1) is 12.1. The molecule has 1 fully saturated rings. The molecule has 0 saturated heterocycles. The molecule has 3 aromatic rings. The fourth-order valence-corrected chi connectivity index (χ4v) is 2.50. The van der Waals surface area contributed by atoms with Gasteiger partial charge in [-0.3, -0.25) is 5.10 Å². The van der Waals surface area contributed by atoms with Crippen molar-refractivity contribution in [1.82, 2.24) is 15.2 Å². The zero-order chi connectivity index (χ0) is 14.2. The van der Waals surface area contributed by atoms with Crippen molar-refractivity contribution in [2.45, 2.75) is 12.8 Å². The van der Waals surface area contributed by atoms with E-state index in [1.165, 1.54) is 12.8 Å². The van der Waals surface area contributed by atoms with Gasteiger partial charge >= 0.3 is 0 Å². The van der Waals surface area contributed by atoms with E-state index in [0.29, 0.717) is 5.92 Å². The van der Waals surface area contributed by atoms with E-state index in [1.807, 2.05) is 18.6 Å². The van der Waals surface area contributed by atoms with Crippen LogP contribution < -0.4 is 5.32 Å². The largest absolute Gasteiger partial charge is 0.344 e. The van der Waals surface area contributed by atoms with Gasteiger partial charge in [0, 0.05) is 29.0 Å². The predicted octanol–water partition coefficient (Wildman–Crippen LogP) is 3.96. The zero-order valence-corrected chi connectivity index (χ0v) is 11.6. The van der Waals surface area contributed by atoms with Crippen LogP contribution in [0.2, 0.25) is 0 Å². The summed E-state index contributed by atoms with van der Waals surface area (Å²) in [6.07, 6.45) is 8.11. The third-order valence-corrected chi connectivity index (χ3v) is 3.91. The van der Waals surface area contributed by atoms with Crippen LogP contribution in [0.1, 0.15) is 12.8 Å². The molecule has 2 aromatic heterocycles. The van der Waals surface area contributed by atoms with E-state index in [0.717, 1.165) is 33.4 Å². The Morgan fingerprint density at radius 3 is 2.81 bits per heavy atom. The number of fused-ring (bicyclic) bond motifs is 1. The number of H-pyrrole nitrogens is 1. The van der Waals surface area contributed by atoms with E-state index in [1.54, 1.807) is 0 Å². The lowest BCUT2D eigenvalue weighted by Crippen LogP contribution is -2.01. The molecule has 104 valence electrons. The number of aromatic nitrogens is 3. The van der Waals surface area contributed by atoms with Crippen LogP contribution in [0.4, 0.5) is 5.82 Å². The van der Waals surface area contributed by atoms with Crippen molar-refractivity contribution in [3.05, 3.63) is 55.1 Å². The van der Waals surface area contributed by atoms with Crippen LogP contribution in [-0.4, -0.2) is 15.2 Å². The van der Waals surface area contributed by atoms with E-state index in [2.05, 4.69) is 51.3 Å². The fraction of sp³-hybridized carbons (Fsp3) is 0.176. The highest BCUT2D eigenvalue weighted by Crippen LogP contribution is 2.35. The number of aromatic amines is 1. The molecule has 0 radical (unpaired) electrons. The summed E-state index contributed by atoms with van der Waals surface area (Å²) in [7, 11) is 0. The summed E-state index contributed by atoms with van der Waals surface area (Å²) in [5.41, 5.74) is 3.31. The number of hydrogen-bond donors (Lipinski definition) is 2. The summed E-state index contributed by atoms with van der Waals surface area (Å²) in [5.74, 6) is 1.49. The number of rotatable bonds is 4. The maximum absolute atomic E-state index is 4.46. The number of benzene rings is 1. The number of allylic oxidation sites excluding steroid dienone is 1. The molecule has 2 N–H and O–H groups in total. The molecule has 2 heterocycles. The molecule has 21 heavy (non-hydrogen) atoms. The lowest BCUT2D eigenvalue weighted by molar-refractivity contribution is 1.01. The van der Waals surface area contributed by atoms with Crippen molar-refractivity contribution in [3.63, 3.8) is 0 Å². The number of nitrogens with one attached hydrogen (secondary N) is 2.